The Hall–Kier alpha value is -2.49. The second-order valence-corrected chi connectivity index (χ2v) is 5.03. The summed E-state index contributed by atoms with van der Waals surface area (Å²) in [6.45, 7) is 3.83. The van der Waals surface area contributed by atoms with E-state index >= 15 is 0 Å². The normalized spacial score (nSPS) is 11.8. The van der Waals surface area contributed by atoms with Crippen molar-refractivity contribution in [1.29, 1.82) is 0 Å². The van der Waals surface area contributed by atoms with Crippen LogP contribution in [0, 0.1) is 13.8 Å². The molecule has 0 aliphatic heterocycles. The van der Waals surface area contributed by atoms with Gasteiger partial charge in [-0.15, -0.1) is 0 Å². The molecule has 2 aromatic rings. The van der Waals surface area contributed by atoms with Gasteiger partial charge in [-0.25, -0.2) is 4.79 Å². The molecule has 0 aromatic heterocycles. The van der Waals surface area contributed by atoms with Gasteiger partial charge in [0.25, 0.3) is 0 Å². The molecule has 2 rings (SSSR count). The molecule has 0 bridgehead atoms. The maximum Gasteiger partial charge on any atom is 0.407 e. The van der Waals surface area contributed by atoms with Crippen molar-refractivity contribution in [1.82, 2.24) is 5.32 Å². The van der Waals surface area contributed by atoms with Gasteiger partial charge in [0.1, 0.15) is 5.75 Å². The number of phenolic OH excluding ortho intramolecular Hbond substituents is 1. The molecule has 0 saturated heterocycles. The third-order valence-electron chi connectivity index (χ3n) is 3.41. The lowest BCUT2D eigenvalue weighted by molar-refractivity contribution is 0.168. The van der Waals surface area contributed by atoms with Gasteiger partial charge >= 0.3 is 6.09 Å². The van der Waals surface area contributed by atoms with Gasteiger partial charge < -0.3 is 15.2 Å². The number of carbonyl (C=O) groups is 1. The van der Waals surface area contributed by atoms with E-state index in [2.05, 4.69) is 5.32 Å². The summed E-state index contributed by atoms with van der Waals surface area (Å²) in [7, 11) is 1.34. The lowest BCUT2D eigenvalue weighted by Crippen LogP contribution is -2.29. The van der Waals surface area contributed by atoms with Crippen molar-refractivity contribution < 1.29 is 14.6 Å². The van der Waals surface area contributed by atoms with Crippen LogP contribution in [0.2, 0.25) is 0 Å². The van der Waals surface area contributed by atoms with Gasteiger partial charge in [0.05, 0.1) is 13.2 Å². The van der Waals surface area contributed by atoms with Crippen molar-refractivity contribution in [2.24, 2.45) is 0 Å². The highest BCUT2D eigenvalue weighted by atomic mass is 16.5. The number of nitrogens with one attached hydrogen (secondary N) is 1. The van der Waals surface area contributed by atoms with Crippen LogP contribution in [-0.4, -0.2) is 18.3 Å². The first-order valence-electron chi connectivity index (χ1n) is 6.72. The molecular weight excluding hydrogens is 266 g/mol. The highest BCUT2D eigenvalue weighted by Crippen LogP contribution is 2.26. The summed E-state index contributed by atoms with van der Waals surface area (Å²) in [6, 6.07) is 12.9. The van der Waals surface area contributed by atoms with Crippen molar-refractivity contribution in [3.63, 3.8) is 0 Å². The molecule has 21 heavy (non-hydrogen) atoms. The summed E-state index contributed by atoms with van der Waals surface area (Å²) < 4.78 is 4.70. The molecule has 0 aliphatic rings. The minimum atomic E-state index is -0.494. The predicted octanol–water partition coefficient (Wildman–Crippen LogP) is 3.45. The van der Waals surface area contributed by atoms with E-state index < -0.39 is 6.09 Å². The van der Waals surface area contributed by atoms with Crippen LogP contribution in [-0.2, 0) is 4.74 Å². The number of alkyl carbamates (subject to hydrolysis) is 1. The number of hydrogen-bond acceptors (Lipinski definition) is 3. The number of rotatable bonds is 3. The SMILES string of the molecule is COC(=O)N[C@H](c1ccc(C)cc1)c1ccc(O)c(C)c1. The fourth-order valence-corrected chi connectivity index (χ4v) is 2.15. The average molecular weight is 285 g/mol. The van der Waals surface area contributed by atoms with E-state index in [4.69, 9.17) is 4.74 Å². The van der Waals surface area contributed by atoms with E-state index in [1.54, 1.807) is 12.1 Å². The Morgan fingerprint density at radius 2 is 1.71 bits per heavy atom. The molecule has 0 spiro atoms. The fourth-order valence-electron chi connectivity index (χ4n) is 2.15. The maximum absolute atomic E-state index is 11.6. The smallest absolute Gasteiger partial charge is 0.407 e. The highest BCUT2D eigenvalue weighted by molar-refractivity contribution is 5.68. The van der Waals surface area contributed by atoms with E-state index in [1.807, 2.05) is 44.2 Å². The zero-order valence-corrected chi connectivity index (χ0v) is 12.4. The quantitative estimate of drug-likeness (QED) is 0.908. The molecule has 1 atom stereocenters. The largest absolute Gasteiger partial charge is 0.508 e. The van der Waals surface area contributed by atoms with Crippen LogP contribution >= 0.6 is 0 Å². The molecule has 4 nitrogen and oxygen atoms in total. The Kier molecular flexibility index (Phi) is 4.48. The first-order valence-corrected chi connectivity index (χ1v) is 6.72. The first kappa shape index (κ1) is 14.9. The molecule has 0 saturated carbocycles. The van der Waals surface area contributed by atoms with Crippen molar-refractivity contribution in [3.8, 4) is 5.75 Å². The summed E-state index contributed by atoms with van der Waals surface area (Å²) in [5.41, 5.74) is 3.75. The van der Waals surface area contributed by atoms with E-state index in [1.165, 1.54) is 7.11 Å². The summed E-state index contributed by atoms with van der Waals surface area (Å²) in [6.07, 6.45) is -0.494. The van der Waals surface area contributed by atoms with Crippen LogP contribution in [0.4, 0.5) is 4.79 Å². The highest BCUT2D eigenvalue weighted by Gasteiger charge is 2.17. The van der Waals surface area contributed by atoms with Crippen LogP contribution in [0.1, 0.15) is 28.3 Å². The molecule has 4 heteroatoms. The van der Waals surface area contributed by atoms with Gasteiger partial charge in [-0.3, -0.25) is 0 Å². The molecule has 0 aliphatic carbocycles. The lowest BCUT2D eigenvalue weighted by Gasteiger charge is -2.20. The summed E-state index contributed by atoms with van der Waals surface area (Å²) in [4.78, 5) is 11.6. The van der Waals surface area contributed by atoms with Gasteiger partial charge in [0.15, 0.2) is 0 Å². The molecule has 1 amide bonds. The minimum Gasteiger partial charge on any atom is -0.508 e. The fraction of sp³-hybridized carbons (Fsp3) is 0.235. The number of phenols is 1. The number of ether oxygens (including phenoxy) is 1. The molecule has 0 radical (unpaired) electrons. The van der Waals surface area contributed by atoms with Crippen molar-refractivity contribution in [3.05, 3.63) is 64.7 Å². The van der Waals surface area contributed by atoms with E-state index in [9.17, 15) is 9.90 Å². The van der Waals surface area contributed by atoms with Crippen molar-refractivity contribution in [2.45, 2.75) is 19.9 Å². The van der Waals surface area contributed by atoms with Crippen molar-refractivity contribution in [2.75, 3.05) is 7.11 Å². The molecule has 0 unspecified atom stereocenters. The second-order valence-electron chi connectivity index (χ2n) is 5.03. The molecule has 2 aromatic carbocycles. The van der Waals surface area contributed by atoms with Crippen molar-refractivity contribution >= 4 is 6.09 Å². The topological polar surface area (TPSA) is 58.6 Å². The van der Waals surface area contributed by atoms with Crippen LogP contribution in [0.15, 0.2) is 42.5 Å². The van der Waals surface area contributed by atoms with E-state index in [0.29, 0.717) is 0 Å². The Morgan fingerprint density at radius 1 is 1.10 bits per heavy atom. The zero-order valence-electron chi connectivity index (χ0n) is 12.4. The van der Waals surface area contributed by atoms with Crippen LogP contribution in [0.3, 0.4) is 0 Å². The van der Waals surface area contributed by atoms with Gasteiger partial charge in [-0.05, 0) is 42.7 Å². The standard InChI is InChI=1S/C17H19NO3/c1-11-4-6-13(7-5-11)16(18-17(20)21-3)14-8-9-15(19)12(2)10-14/h4-10,16,19H,1-3H3,(H,18,20)/t16-/m1/s1. The van der Waals surface area contributed by atoms with E-state index in [0.717, 1.165) is 22.3 Å². The Bertz CT molecular complexity index is 635. The Labute approximate surface area is 124 Å². The number of aryl methyl sites for hydroxylation is 2. The second kappa shape index (κ2) is 6.31. The van der Waals surface area contributed by atoms with Gasteiger partial charge in [-0.1, -0.05) is 35.9 Å². The summed E-state index contributed by atoms with van der Waals surface area (Å²) in [5.74, 6) is 0.236. The molecule has 0 heterocycles. The first-order chi connectivity index (χ1) is 10.0. The third kappa shape index (κ3) is 3.54. The minimum absolute atomic E-state index is 0.236. The molecule has 110 valence electrons. The number of hydrogen-bond donors (Lipinski definition) is 2. The molecular formula is C17H19NO3. The number of carbonyl (C=O) groups excluding carboxylic acids is 1. The summed E-state index contributed by atoms with van der Waals surface area (Å²) in [5, 5.41) is 12.5. The number of benzene rings is 2. The van der Waals surface area contributed by atoms with Crippen LogP contribution in [0.5, 0.6) is 5.75 Å². The zero-order chi connectivity index (χ0) is 15.4. The lowest BCUT2D eigenvalue weighted by atomic mass is 9.96. The van der Waals surface area contributed by atoms with Gasteiger partial charge in [0, 0.05) is 0 Å². The Balaban J connectivity index is 2.41. The van der Waals surface area contributed by atoms with Gasteiger partial charge in [0.2, 0.25) is 0 Å². The van der Waals surface area contributed by atoms with Gasteiger partial charge in [-0.2, -0.15) is 0 Å². The number of amides is 1. The van der Waals surface area contributed by atoms with Crippen LogP contribution < -0.4 is 5.32 Å². The molecule has 2 N–H and O–H groups in total. The third-order valence-corrected chi connectivity index (χ3v) is 3.41. The van der Waals surface area contributed by atoms with E-state index in [-0.39, 0.29) is 11.8 Å². The average Bonchev–Trinajstić information content (AvgIpc) is 2.48. The number of aromatic hydroxyl groups is 1. The summed E-state index contributed by atoms with van der Waals surface area (Å²) >= 11 is 0. The molecule has 0 fully saturated rings. The van der Waals surface area contributed by atoms with Crippen LogP contribution in [0.25, 0.3) is 0 Å². The Morgan fingerprint density at radius 3 is 2.29 bits per heavy atom. The maximum atomic E-state index is 11.6. The number of methoxy groups -OCH3 is 1. The monoisotopic (exact) mass is 285 g/mol. The predicted molar refractivity (Wildman–Crippen MR) is 81.4 cm³/mol.